The minimum Gasteiger partial charge on any atom is -0.457 e. The number of esters is 1. The van der Waals surface area contributed by atoms with E-state index in [1.807, 2.05) is 21.1 Å². The first-order valence-corrected chi connectivity index (χ1v) is 13.0. The number of nitrogens with zero attached hydrogens (tertiary/aromatic N) is 1. The van der Waals surface area contributed by atoms with Crippen LogP contribution >= 0.6 is 7.82 Å². The van der Waals surface area contributed by atoms with E-state index in [9.17, 15) is 19.4 Å². The second kappa shape index (κ2) is 17.8. The van der Waals surface area contributed by atoms with E-state index in [0.29, 0.717) is 11.0 Å². The Balaban J connectivity index is 3.87. The molecular formula is C22H45NO7P+. The zero-order valence-corrected chi connectivity index (χ0v) is 20.9. The third-order valence-electron chi connectivity index (χ3n) is 4.58. The molecule has 0 aliphatic carbocycles. The molecule has 0 aromatic heterocycles. The van der Waals surface area contributed by atoms with Crippen LogP contribution in [0.2, 0.25) is 0 Å². The highest BCUT2D eigenvalue weighted by Gasteiger charge is 2.25. The monoisotopic (exact) mass is 466 g/mol. The maximum Gasteiger partial charge on any atom is 0.472 e. The Hall–Kier alpha value is -0.760. The van der Waals surface area contributed by atoms with Gasteiger partial charge in [-0.1, -0.05) is 51.2 Å². The van der Waals surface area contributed by atoms with Gasteiger partial charge in [0.1, 0.15) is 19.3 Å². The third-order valence-corrected chi connectivity index (χ3v) is 5.57. The lowest BCUT2D eigenvalue weighted by molar-refractivity contribution is -0.870. The third kappa shape index (κ3) is 20.9. The molecule has 0 aliphatic rings. The number of rotatable bonds is 20. The molecule has 0 amide bonds. The Morgan fingerprint density at radius 1 is 1.00 bits per heavy atom. The number of quaternary nitrogens is 1. The minimum absolute atomic E-state index is 0.0516. The Kier molecular flexibility index (Phi) is 17.3. The van der Waals surface area contributed by atoms with Crippen LogP contribution in [-0.2, 0) is 23.1 Å². The molecule has 0 bridgehead atoms. The van der Waals surface area contributed by atoms with Gasteiger partial charge in [0.25, 0.3) is 0 Å². The van der Waals surface area contributed by atoms with Crippen LogP contribution < -0.4 is 0 Å². The van der Waals surface area contributed by atoms with Gasteiger partial charge in [0.2, 0.25) is 0 Å². The summed E-state index contributed by atoms with van der Waals surface area (Å²) < 4.78 is 27.3. The maximum atomic E-state index is 11.9. The van der Waals surface area contributed by atoms with Crippen LogP contribution in [0.4, 0.5) is 0 Å². The number of carbonyl (C=O) groups is 1. The lowest BCUT2D eigenvalue weighted by Crippen LogP contribution is -2.37. The molecule has 0 saturated carbocycles. The van der Waals surface area contributed by atoms with Gasteiger partial charge in [-0.2, -0.15) is 0 Å². The lowest BCUT2D eigenvalue weighted by Gasteiger charge is -2.24. The number of aliphatic hydroxyl groups is 1. The van der Waals surface area contributed by atoms with Crippen molar-refractivity contribution in [2.45, 2.75) is 77.2 Å². The van der Waals surface area contributed by atoms with Crippen LogP contribution in [0.25, 0.3) is 0 Å². The summed E-state index contributed by atoms with van der Waals surface area (Å²) in [5.74, 6) is -0.444. The molecule has 2 N–H and O–H groups in total. The van der Waals surface area contributed by atoms with Gasteiger partial charge in [0.05, 0.1) is 34.4 Å². The van der Waals surface area contributed by atoms with Gasteiger partial charge >= 0.3 is 13.8 Å². The van der Waals surface area contributed by atoms with E-state index in [0.717, 1.165) is 44.9 Å². The minimum atomic E-state index is -4.25. The summed E-state index contributed by atoms with van der Waals surface area (Å²) in [4.78, 5) is 21.6. The van der Waals surface area contributed by atoms with E-state index >= 15 is 0 Å². The largest absolute Gasteiger partial charge is 0.472 e. The van der Waals surface area contributed by atoms with Crippen LogP contribution in [-0.4, -0.2) is 74.1 Å². The smallest absolute Gasteiger partial charge is 0.457 e. The summed E-state index contributed by atoms with van der Waals surface area (Å²) >= 11 is 0. The number of phosphoric ester groups is 1. The van der Waals surface area contributed by atoms with Gasteiger partial charge in [-0.25, -0.2) is 4.57 Å². The maximum absolute atomic E-state index is 11.9. The topological polar surface area (TPSA) is 102 Å². The number of aliphatic hydroxyl groups excluding tert-OH is 1. The Morgan fingerprint density at radius 2 is 1.61 bits per heavy atom. The molecule has 0 rings (SSSR count). The number of hydrogen-bond acceptors (Lipinski definition) is 6. The average molecular weight is 467 g/mol. The number of hydrogen-bond donors (Lipinski definition) is 2. The Bertz CT molecular complexity index is 534. The van der Waals surface area contributed by atoms with E-state index in [1.54, 1.807) is 0 Å². The van der Waals surface area contributed by atoms with Gasteiger partial charge in [0.15, 0.2) is 0 Å². The van der Waals surface area contributed by atoms with Crippen molar-refractivity contribution in [1.29, 1.82) is 0 Å². The Morgan fingerprint density at radius 3 is 2.23 bits per heavy atom. The van der Waals surface area contributed by atoms with Crippen LogP contribution in [0.15, 0.2) is 12.2 Å². The molecule has 0 spiro atoms. The van der Waals surface area contributed by atoms with Crippen molar-refractivity contribution in [2.75, 3.05) is 47.5 Å². The first-order chi connectivity index (χ1) is 14.6. The molecule has 8 nitrogen and oxygen atoms in total. The van der Waals surface area contributed by atoms with Crippen LogP contribution in [0, 0.1) is 0 Å². The van der Waals surface area contributed by atoms with E-state index in [1.165, 1.54) is 12.8 Å². The number of unbranched alkanes of at least 4 members (excludes halogenated alkanes) is 7. The van der Waals surface area contributed by atoms with Crippen molar-refractivity contribution in [1.82, 2.24) is 0 Å². The van der Waals surface area contributed by atoms with E-state index < -0.39 is 33.1 Å². The van der Waals surface area contributed by atoms with Crippen LogP contribution in [0.5, 0.6) is 0 Å². The molecule has 0 heterocycles. The molecule has 0 aromatic rings. The lowest BCUT2D eigenvalue weighted by atomic mass is 10.1. The first-order valence-electron chi connectivity index (χ1n) is 11.5. The molecule has 31 heavy (non-hydrogen) atoms. The number of ether oxygens (including phenoxy) is 1. The van der Waals surface area contributed by atoms with Gasteiger partial charge in [0, 0.05) is 6.42 Å². The highest BCUT2D eigenvalue weighted by molar-refractivity contribution is 7.47. The Labute approximate surface area is 188 Å². The molecular weight excluding hydrogens is 421 g/mol. The molecule has 0 fully saturated rings. The predicted octanol–water partition coefficient (Wildman–Crippen LogP) is 4.21. The molecule has 2 atom stereocenters. The van der Waals surface area contributed by atoms with E-state index in [-0.39, 0.29) is 13.0 Å². The van der Waals surface area contributed by atoms with Crippen molar-refractivity contribution < 1.29 is 37.6 Å². The molecule has 1 unspecified atom stereocenters. The second-order valence-electron chi connectivity index (χ2n) is 8.83. The zero-order chi connectivity index (χ0) is 23.6. The van der Waals surface area contributed by atoms with Crippen LogP contribution in [0.3, 0.4) is 0 Å². The van der Waals surface area contributed by atoms with Crippen molar-refractivity contribution >= 4 is 13.8 Å². The number of likely N-dealkylation sites (N-methyl/N-ethyl adjacent to an activating group) is 1. The molecule has 0 aromatic carbocycles. The highest BCUT2D eigenvalue weighted by Crippen LogP contribution is 2.43. The zero-order valence-electron chi connectivity index (χ0n) is 20.0. The second-order valence-corrected chi connectivity index (χ2v) is 10.3. The number of phosphoric acid groups is 1. The number of carbonyl (C=O) groups excluding carboxylic acids is 1. The summed E-state index contributed by atoms with van der Waals surface area (Å²) in [7, 11) is 1.54. The summed E-state index contributed by atoms with van der Waals surface area (Å²) in [6.07, 6.45) is 13.6. The normalized spacial score (nSPS) is 15.2. The fraction of sp³-hybridized carbons (Fsp3) is 0.864. The predicted molar refractivity (Wildman–Crippen MR) is 123 cm³/mol. The summed E-state index contributed by atoms with van der Waals surface area (Å²) in [5, 5.41) is 9.34. The summed E-state index contributed by atoms with van der Waals surface area (Å²) in [5.41, 5.74) is 0. The molecule has 184 valence electrons. The highest BCUT2D eigenvalue weighted by atomic mass is 31.2. The first kappa shape index (κ1) is 30.2. The van der Waals surface area contributed by atoms with Gasteiger partial charge < -0.3 is 19.2 Å². The molecule has 0 radical (unpaired) electrons. The summed E-state index contributed by atoms with van der Waals surface area (Å²) in [6.45, 7) is 1.89. The van der Waals surface area contributed by atoms with Crippen molar-refractivity contribution in [2.24, 2.45) is 0 Å². The van der Waals surface area contributed by atoms with Gasteiger partial charge in [-0.05, 0) is 25.7 Å². The van der Waals surface area contributed by atoms with Gasteiger partial charge in [-0.15, -0.1) is 0 Å². The van der Waals surface area contributed by atoms with Crippen molar-refractivity contribution in [3.63, 3.8) is 0 Å². The van der Waals surface area contributed by atoms with E-state index in [4.69, 9.17) is 13.8 Å². The van der Waals surface area contributed by atoms with Gasteiger partial charge in [-0.3, -0.25) is 13.8 Å². The van der Waals surface area contributed by atoms with Crippen molar-refractivity contribution in [3.05, 3.63) is 12.2 Å². The fourth-order valence-electron chi connectivity index (χ4n) is 2.63. The van der Waals surface area contributed by atoms with Crippen LogP contribution in [0.1, 0.15) is 71.1 Å². The quantitative estimate of drug-likeness (QED) is 0.0911. The SMILES string of the molecule is CCCCC=CCCCCCCCC(=O)O[C@@H](CO)COP(=O)(O)OCC[N+](C)(C)C. The standard InChI is InChI=1S/C22H44NO7P/c1-5-6-7-8-9-10-11-12-13-14-15-16-22(25)30-21(19-24)20-29-31(26,27)28-18-17-23(2,3)4/h8-9,21,24H,5-7,10-20H2,1-4H3/p+1/t21-/m0/s1. The van der Waals surface area contributed by atoms with E-state index in [2.05, 4.69) is 19.1 Å². The fourth-order valence-corrected chi connectivity index (χ4v) is 3.37. The average Bonchev–Trinajstić information content (AvgIpc) is 2.68. The molecule has 0 aliphatic heterocycles. The molecule has 9 heteroatoms. The van der Waals surface area contributed by atoms with Crippen molar-refractivity contribution in [3.8, 4) is 0 Å². The summed E-state index contributed by atoms with van der Waals surface area (Å²) in [6, 6.07) is 0. The molecule has 0 saturated heterocycles. The number of allylic oxidation sites excluding steroid dienone is 2.